The van der Waals surface area contributed by atoms with Crippen molar-refractivity contribution in [3.05, 3.63) is 89.2 Å². The summed E-state index contributed by atoms with van der Waals surface area (Å²) < 4.78 is 1.84. The van der Waals surface area contributed by atoms with Crippen LogP contribution in [0.25, 0.3) is 16.3 Å². The molecular weight excluding hydrogens is 404 g/mol. The van der Waals surface area contributed by atoms with Crippen LogP contribution in [0, 0.1) is 0 Å². The van der Waals surface area contributed by atoms with Gasteiger partial charge in [0.25, 0.3) is 5.91 Å². The first-order valence-electron chi connectivity index (χ1n) is 10.7. The summed E-state index contributed by atoms with van der Waals surface area (Å²) in [6.45, 7) is 0. The number of nitrogens with zero attached hydrogens (tertiary/aromatic N) is 4. The average Bonchev–Trinajstić information content (AvgIpc) is 3.22. The van der Waals surface area contributed by atoms with Crippen molar-refractivity contribution < 1.29 is 4.79 Å². The molecule has 1 unspecified atom stereocenters. The Labute approximate surface area is 185 Å². The van der Waals surface area contributed by atoms with E-state index in [1.165, 1.54) is 22.5 Å². The lowest BCUT2D eigenvalue weighted by atomic mass is 10.1. The summed E-state index contributed by atoms with van der Waals surface area (Å²) in [6, 6.07) is 19.1. The maximum Gasteiger partial charge on any atom is 0.274 e. The zero-order chi connectivity index (χ0) is 20.8. The van der Waals surface area contributed by atoms with E-state index in [0.717, 1.165) is 41.9 Å². The van der Waals surface area contributed by atoms with Gasteiger partial charge in [-0.3, -0.25) is 4.79 Å². The second-order valence-corrected chi connectivity index (χ2v) is 9.10. The molecule has 154 valence electrons. The zero-order valence-corrected chi connectivity index (χ0v) is 17.8. The van der Waals surface area contributed by atoms with E-state index >= 15 is 0 Å². The van der Waals surface area contributed by atoms with Crippen LogP contribution < -0.4 is 0 Å². The van der Waals surface area contributed by atoms with Crippen molar-refractivity contribution in [2.24, 2.45) is 0 Å². The molecule has 1 fully saturated rings. The van der Waals surface area contributed by atoms with Crippen LogP contribution in [0.4, 0.5) is 0 Å². The first-order chi connectivity index (χ1) is 15.3. The Bertz CT molecular complexity index is 1240. The molecule has 0 N–H and O–H groups in total. The Kier molecular flexibility index (Phi) is 4.46. The summed E-state index contributed by atoms with van der Waals surface area (Å²) in [6.07, 6.45) is 8.00. The van der Waals surface area contributed by atoms with Gasteiger partial charge in [0.2, 0.25) is 0 Å². The summed E-state index contributed by atoms with van der Waals surface area (Å²) >= 11 is 1.51. The van der Waals surface area contributed by atoms with Gasteiger partial charge < -0.3 is 4.90 Å². The molecule has 5 nitrogen and oxygen atoms in total. The molecule has 2 aromatic carbocycles. The molecule has 2 aliphatic rings. The number of thiazole rings is 1. The van der Waals surface area contributed by atoms with Crippen LogP contribution in [0.15, 0.2) is 72.4 Å². The second kappa shape index (κ2) is 7.46. The fraction of sp³-hybridized carbons (Fsp3) is 0.240. The minimum Gasteiger partial charge on any atom is -0.327 e. The number of carbonyl (C=O) groups is 1. The van der Waals surface area contributed by atoms with E-state index in [1.807, 2.05) is 52.8 Å². The Morgan fingerprint density at radius 3 is 2.68 bits per heavy atom. The molecule has 1 saturated carbocycles. The van der Waals surface area contributed by atoms with Crippen LogP contribution in [-0.2, 0) is 6.42 Å². The van der Waals surface area contributed by atoms with Crippen molar-refractivity contribution >= 4 is 17.2 Å². The maximum absolute atomic E-state index is 13.5. The van der Waals surface area contributed by atoms with E-state index in [4.69, 9.17) is 4.98 Å². The van der Waals surface area contributed by atoms with E-state index in [-0.39, 0.29) is 11.9 Å². The highest BCUT2D eigenvalue weighted by Gasteiger charge is 2.41. The molecule has 0 spiro atoms. The Hall–Kier alpha value is -3.25. The third-order valence-corrected chi connectivity index (χ3v) is 7.08. The highest BCUT2D eigenvalue weighted by Crippen LogP contribution is 2.42. The highest BCUT2D eigenvalue weighted by molar-refractivity contribution is 7.13. The fourth-order valence-electron chi connectivity index (χ4n) is 4.53. The number of aryl methyl sites for hydroxylation is 1. The summed E-state index contributed by atoms with van der Waals surface area (Å²) in [5, 5.41) is 7.19. The molecule has 0 bridgehead atoms. The van der Waals surface area contributed by atoms with Gasteiger partial charge >= 0.3 is 0 Å². The van der Waals surface area contributed by atoms with Gasteiger partial charge in [0.1, 0.15) is 10.7 Å². The van der Waals surface area contributed by atoms with Crippen molar-refractivity contribution in [1.29, 1.82) is 0 Å². The van der Waals surface area contributed by atoms with Gasteiger partial charge in [0.05, 0.1) is 17.9 Å². The SMILES string of the molecule is O=C(c1csc(-c2cnn(-c3ccccc3)c2)n1)N(C1CC1)C1CCc2ccccc21. The quantitative estimate of drug-likeness (QED) is 0.436. The van der Waals surface area contributed by atoms with Gasteiger partial charge in [0, 0.05) is 23.2 Å². The molecule has 6 heteroatoms. The van der Waals surface area contributed by atoms with Gasteiger partial charge in [-0.1, -0.05) is 42.5 Å². The lowest BCUT2D eigenvalue weighted by Crippen LogP contribution is -2.36. The summed E-state index contributed by atoms with van der Waals surface area (Å²) in [7, 11) is 0. The Morgan fingerprint density at radius 1 is 1.03 bits per heavy atom. The number of para-hydroxylation sites is 1. The number of benzene rings is 2. The van der Waals surface area contributed by atoms with Gasteiger partial charge in [0.15, 0.2) is 0 Å². The number of carbonyl (C=O) groups excluding carboxylic acids is 1. The fourth-order valence-corrected chi connectivity index (χ4v) is 5.30. The minimum atomic E-state index is 0.0576. The number of aromatic nitrogens is 3. The van der Waals surface area contributed by atoms with Crippen molar-refractivity contribution in [2.75, 3.05) is 0 Å². The number of rotatable bonds is 5. The van der Waals surface area contributed by atoms with Crippen LogP contribution in [-0.4, -0.2) is 31.6 Å². The lowest BCUT2D eigenvalue weighted by molar-refractivity contribution is 0.0653. The van der Waals surface area contributed by atoms with Crippen LogP contribution in [0.2, 0.25) is 0 Å². The number of fused-ring (bicyclic) bond motifs is 1. The van der Waals surface area contributed by atoms with Crippen molar-refractivity contribution in [2.45, 2.75) is 37.8 Å². The maximum atomic E-state index is 13.5. The normalized spacial score (nSPS) is 17.5. The van der Waals surface area contributed by atoms with E-state index in [2.05, 4.69) is 34.3 Å². The summed E-state index contributed by atoms with van der Waals surface area (Å²) in [5.41, 5.74) is 5.16. The predicted molar refractivity (Wildman–Crippen MR) is 121 cm³/mol. The third kappa shape index (κ3) is 3.37. The molecule has 2 aromatic heterocycles. The molecule has 1 atom stereocenters. The van der Waals surface area contributed by atoms with Gasteiger partial charge in [-0.2, -0.15) is 5.10 Å². The molecule has 1 amide bonds. The number of amides is 1. The van der Waals surface area contributed by atoms with Crippen LogP contribution in [0.1, 0.15) is 46.9 Å². The van der Waals surface area contributed by atoms with Crippen molar-refractivity contribution in [3.63, 3.8) is 0 Å². The predicted octanol–water partition coefficient (Wildman–Crippen LogP) is 5.29. The molecule has 4 aromatic rings. The largest absolute Gasteiger partial charge is 0.327 e. The monoisotopic (exact) mass is 426 g/mol. The zero-order valence-electron chi connectivity index (χ0n) is 17.0. The molecule has 2 heterocycles. The van der Waals surface area contributed by atoms with Crippen molar-refractivity contribution in [3.8, 4) is 16.3 Å². The molecule has 0 radical (unpaired) electrons. The molecular formula is C25H22N4OS. The standard InChI is InChI=1S/C25H22N4OS/c30-25(29(20-11-12-20)23-13-10-17-6-4-5-9-21(17)23)22-16-31-24(27-22)18-14-26-28(15-18)19-7-2-1-3-8-19/h1-9,14-16,20,23H,10-13H2. The average molecular weight is 427 g/mol. The topological polar surface area (TPSA) is 51.0 Å². The smallest absolute Gasteiger partial charge is 0.274 e. The van der Waals surface area contributed by atoms with Crippen LogP contribution in [0.5, 0.6) is 0 Å². The molecule has 6 rings (SSSR count). The Morgan fingerprint density at radius 2 is 1.84 bits per heavy atom. The highest BCUT2D eigenvalue weighted by atomic mass is 32.1. The van der Waals surface area contributed by atoms with Gasteiger partial charge in [-0.05, 0) is 48.9 Å². The summed E-state index contributed by atoms with van der Waals surface area (Å²) in [4.78, 5) is 20.4. The first kappa shape index (κ1) is 18.5. The third-order valence-electron chi connectivity index (χ3n) is 6.19. The van der Waals surface area contributed by atoms with Crippen LogP contribution >= 0.6 is 11.3 Å². The summed E-state index contributed by atoms with van der Waals surface area (Å²) in [5.74, 6) is 0.0576. The lowest BCUT2D eigenvalue weighted by Gasteiger charge is -2.29. The van der Waals surface area contributed by atoms with Crippen LogP contribution in [0.3, 0.4) is 0 Å². The molecule has 31 heavy (non-hydrogen) atoms. The number of hydrogen-bond donors (Lipinski definition) is 0. The Balaban J connectivity index is 1.27. The van der Waals surface area contributed by atoms with Crippen molar-refractivity contribution in [1.82, 2.24) is 19.7 Å². The molecule has 2 aliphatic carbocycles. The van der Waals surface area contributed by atoms with E-state index in [1.54, 1.807) is 0 Å². The minimum absolute atomic E-state index is 0.0576. The van der Waals surface area contributed by atoms with Gasteiger partial charge in [-0.25, -0.2) is 9.67 Å². The number of hydrogen-bond acceptors (Lipinski definition) is 4. The first-order valence-corrected chi connectivity index (χ1v) is 11.6. The second-order valence-electron chi connectivity index (χ2n) is 8.24. The van der Waals surface area contributed by atoms with Gasteiger partial charge in [-0.15, -0.1) is 11.3 Å². The van der Waals surface area contributed by atoms with E-state index in [9.17, 15) is 4.79 Å². The van der Waals surface area contributed by atoms with E-state index in [0.29, 0.717) is 11.7 Å². The van der Waals surface area contributed by atoms with E-state index < -0.39 is 0 Å². The molecule has 0 saturated heterocycles. The molecule has 0 aliphatic heterocycles.